The largest absolute Gasteiger partial charge is 0.488 e. The summed E-state index contributed by atoms with van der Waals surface area (Å²) >= 11 is 3.32. The molecule has 96 valence electrons. The minimum Gasteiger partial charge on any atom is -0.488 e. The number of halogens is 3. The molecule has 0 aliphatic carbocycles. The smallest absolute Gasteiger partial charge is 0.130 e. The monoisotopic (exact) mass is 322 g/mol. The topological polar surface area (TPSA) is 9.23 Å². The summed E-state index contributed by atoms with van der Waals surface area (Å²) in [5.41, 5.74) is 3.25. The minimum absolute atomic E-state index is 0.216. The van der Waals surface area contributed by atoms with Crippen LogP contribution in [-0.4, -0.2) is 0 Å². The fourth-order valence-corrected chi connectivity index (χ4v) is 2.69. The van der Waals surface area contributed by atoms with Crippen molar-refractivity contribution in [3.63, 3.8) is 0 Å². The van der Waals surface area contributed by atoms with Crippen LogP contribution in [0, 0.1) is 11.6 Å². The van der Waals surface area contributed by atoms with Crippen LogP contribution in [0.25, 0.3) is 5.57 Å². The highest BCUT2D eigenvalue weighted by Crippen LogP contribution is 2.37. The molecule has 4 heteroatoms. The van der Waals surface area contributed by atoms with Gasteiger partial charge in [0.15, 0.2) is 0 Å². The Hall–Kier alpha value is -1.68. The highest BCUT2D eigenvalue weighted by molar-refractivity contribution is 9.11. The molecule has 1 nitrogen and oxygen atoms in total. The van der Waals surface area contributed by atoms with Gasteiger partial charge in [-0.2, -0.15) is 0 Å². The maximum Gasteiger partial charge on any atom is 0.130 e. The van der Waals surface area contributed by atoms with E-state index >= 15 is 0 Å². The Morgan fingerprint density at radius 2 is 1.68 bits per heavy atom. The first-order valence-corrected chi connectivity index (χ1v) is 6.62. The number of hydrogen-bond donors (Lipinski definition) is 0. The Morgan fingerprint density at radius 3 is 2.42 bits per heavy atom. The minimum atomic E-state index is -0.357. The predicted molar refractivity (Wildman–Crippen MR) is 73.1 cm³/mol. The summed E-state index contributed by atoms with van der Waals surface area (Å²) in [6.45, 7) is 0.216. The van der Waals surface area contributed by atoms with Gasteiger partial charge in [0, 0.05) is 17.2 Å². The first kappa shape index (κ1) is 12.4. The van der Waals surface area contributed by atoms with E-state index in [1.165, 1.54) is 24.3 Å². The van der Waals surface area contributed by atoms with E-state index in [2.05, 4.69) is 15.9 Å². The molecule has 0 saturated carbocycles. The molecule has 0 fully saturated rings. The molecule has 0 aromatic heterocycles. The van der Waals surface area contributed by atoms with Gasteiger partial charge in [0.2, 0.25) is 0 Å². The summed E-state index contributed by atoms with van der Waals surface area (Å²) in [5.74, 6) is -0.208. The molecule has 2 aromatic rings. The van der Waals surface area contributed by atoms with Crippen LogP contribution in [0.5, 0.6) is 5.75 Å². The fourth-order valence-electron chi connectivity index (χ4n) is 2.20. The molecule has 0 N–H and O–H groups in total. The second-order valence-electron chi connectivity index (χ2n) is 4.25. The molecule has 1 aliphatic rings. The molecular weight excluding hydrogens is 314 g/mol. The summed E-state index contributed by atoms with van der Waals surface area (Å²) in [7, 11) is 0. The van der Waals surface area contributed by atoms with E-state index in [0.29, 0.717) is 5.75 Å². The lowest BCUT2D eigenvalue weighted by atomic mass is 9.96. The lowest BCUT2D eigenvalue weighted by Crippen LogP contribution is -1.96. The highest BCUT2D eigenvalue weighted by atomic mass is 79.9. The molecule has 2 aromatic carbocycles. The highest BCUT2D eigenvalue weighted by Gasteiger charge is 2.19. The molecular formula is C15H9BrF2O. The van der Waals surface area contributed by atoms with Crippen molar-refractivity contribution in [2.45, 2.75) is 6.61 Å². The van der Waals surface area contributed by atoms with Crippen molar-refractivity contribution in [3.8, 4) is 5.75 Å². The summed E-state index contributed by atoms with van der Waals surface area (Å²) in [4.78, 5) is 1.75. The van der Waals surface area contributed by atoms with Crippen LogP contribution >= 0.6 is 15.9 Å². The van der Waals surface area contributed by atoms with Crippen LogP contribution in [0.3, 0.4) is 0 Å². The van der Waals surface area contributed by atoms with Crippen LogP contribution < -0.4 is 4.74 Å². The molecule has 0 amide bonds. The number of fused-ring (bicyclic) bond motifs is 2. The van der Waals surface area contributed by atoms with Crippen molar-refractivity contribution in [1.82, 2.24) is 0 Å². The Kier molecular flexibility index (Phi) is 3.11. The first-order chi connectivity index (χ1) is 9.19. The first-order valence-electron chi connectivity index (χ1n) is 5.71. The second kappa shape index (κ2) is 4.78. The van der Waals surface area contributed by atoms with Crippen LogP contribution in [0.4, 0.5) is 8.78 Å². The van der Waals surface area contributed by atoms with Crippen LogP contribution in [-0.2, 0) is 6.61 Å². The van der Waals surface area contributed by atoms with Gasteiger partial charge in [-0.1, -0.05) is 22.0 Å². The van der Waals surface area contributed by atoms with Gasteiger partial charge in [-0.05, 0) is 40.4 Å². The van der Waals surface area contributed by atoms with Gasteiger partial charge in [-0.3, -0.25) is 0 Å². The average molecular weight is 323 g/mol. The number of hydrogen-bond acceptors (Lipinski definition) is 1. The molecule has 1 heterocycles. The second-order valence-corrected chi connectivity index (χ2v) is 4.71. The molecule has 0 radical (unpaired) electrons. The zero-order valence-electron chi connectivity index (χ0n) is 9.79. The molecule has 0 spiro atoms. The van der Waals surface area contributed by atoms with E-state index in [-0.39, 0.29) is 18.2 Å². The standard InChI is InChI=1S/C15H9BrF2O/c16-7-14-12-3-1-10(17)5-9(12)8-19-15-6-11(18)2-4-13(14)15/h1-7H,8H2/b14-7-. The van der Waals surface area contributed by atoms with E-state index in [4.69, 9.17) is 4.74 Å². The third-order valence-corrected chi connectivity index (χ3v) is 3.54. The lowest BCUT2D eigenvalue weighted by molar-refractivity contribution is 0.305. The van der Waals surface area contributed by atoms with Crippen molar-refractivity contribution >= 4 is 21.5 Å². The van der Waals surface area contributed by atoms with Crippen LogP contribution in [0.15, 0.2) is 41.4 Å². The Balaban J connectivity index is 2.24. The van der Waals surface area contributed by atoms with Gasteiger partial charge in [-0.15, -0.1) is 0 Å². The summed E-state index contributed by atoms with van der Waals surface area (Å²) < 4.78 is 32.2. The Labute approximate surface area is 117 Å². The van der Waals surface area contributed by atoms with Crippen LogP contribution in [0.1, 0.15) is 16.7 Å². The predicted octanol–water partition coefficient (Wildman–Crippen LogP) is 4.64. The molecule has 19 heavy (non-hydrogen) atoms. The SMILES string of the molecule is Fc1ccc2c(c1)COc1cc(F)ccc1/C2=C\Br. The zero-order valence-corrected chi connectivity index (χ0v) is 11.4. The maximum absolute atomic E-state index is 13.3. The van der Waals surface area contributed by atoms with E-state index in [1.807, 2.05) is 0 Å². The van der Waals surface area contributed by atoms with Gasteiger partial charge in [0.05, 0.1) is 0 Å². The third-order valence-electron chi connectivity index (χ3n) is 3.08. The van der Waals surface area contributed by atoms with E-state index in [9.17, 15) is 8.78 Å². The van der Waals surface area contributed by atoms with E-state index in [0.717, 1.165) is 22.3 Å². The van der Waals surface area contributed by atoms with Crippen LogP contribution in [0.2, 0.25) is 0 Å². The fraction of sp³-hybridized carbons (Fsp3) is 0.0667. The zero-order chi connectivity index (χ0) is 13.4. The number of benzene rings is 2. The summed E-state index contributed by atoms with van der Waals surface area (Å²) in [6.07, 6.45) is 0. The number of ether oxygens (including phenoxy) is 1. The van der Waals surface area contributed by atoms with Crippen molar-refractivity contribution < 1.29 is 13.5 Å². The molecule has 0 saturated heterocycles. The van der Waals surface area contributed by atoms with E-state index < -0.39 is 0 Å². The van der Waals surface area contributed by atoms with Crippen molar-refractivity contribution in [3.05, 3.63) is 69.7 Å². The van der Waals surface area contributed by atoms with E-state index in [1.54, 1.807) is 17.1 Å². The van der Waals surface area contributed by atoms with Gasteiger partial charge < -0.3 is 4.74 Å². The maximum atomic E-state index is 13.3. The average Bonchev–Trinajstić information content (AvgIpc) is 2.54. The molecule has 0 unspecified atom stereocenters. The summed E-state index contributed by atoms with van der Waals surface area (Å²) in [6, 6.07) is 8.94. The third kappa shape index (κ3) is 2.16. The van der Waals surface area contributed by atoms with Gasteiger partial charge >= 0.3 is 0 Å². The molecule has 1 aliphatic heterocycles. The number of rotatable bonds is 0. The Bertz CT molecular complexity index is 624. The van der Waals surface area contributed by atoms with Gasteiger partial charge in [0.1, 0.15) is 24.0 Å². The molecule has 0 atom stereocenters. The quantitative estimate of drug-likeness (QED) is 0.686. The van der Waals surface area contributed by atoms with Gasteiger partial charge in [-0.25, -0.2) is 8.78 Å². The van der Waals surface area contributed by atoms with Gasteiger partial charge in [0.25, 0.3) is 0 Å². The van der Waals surface area contributed by atoms with Crippen molar-refractivity contribution in [2.24, 2.45) is 0 Å². The summed E-state index contributed by atoms with van der Waals surface area (Å²) in [5, 5.41) is 0. The lowest BCUT2D eigenvalue weighted by Gasteiger charge is -2.09. The Morgan fingerprint density at radius 1 is 1.00 bits per heavy atom. The van der Waals surface area contributed by atoms with Crippen molar-refractivity contribution in [1.29, 1.82) is 0 Å². The molecule has 0 bridgehead atoms. The van der Waals surface area contributed by atoms with Crippen molar-refractivity contribution in [2.75, 3.05) is 0 Å². The normalized spacial score (nSPS) is 15.4. The molecule has 3 rings (SSSR count).